The summed E-state index contributed by atoms with van der Waals surface area (Å²) >= 11 is 0. The van der Waals surface area contributed by atoms with E-state index < -0.39 is 4.92 Å². The molecule has 3 rings (SSSR count). The van der Waals surface area contributed by atoms with Crippen LogP contribution in [0.4, 0.5) is 5.82 Å². The number of rotatable bonds is 1. The highest BCUT2D eigenvalue weighted by atomic mass is 16.6. The minimum Gasteiger partial charge on any atom is -0.358 e. The van der Waals surface area contributed by atoms with Gasteiger partial charge < -0.3 is 15.0 Å². The topological polar surface area (TPSA) is 81.3 Å². The number of carbonyl (C=O) groups is 1. The molecule has 1 fully saturated rings. The Labute approximate surface area is 97.2 Å². The second kappa shape index (κ2) is 3.28. The Morgan fingerprint density at radius 3 is 3.00 bits per heavy atom. The van der Waals surface area contributed by atoms with E-state index in [0.717, 1.165) is 12.8 Å². The molecule has 0 aromatic carbocycles. The van der Waals surface area contributed by atoms with Crippen LogP contribution in [0.2, 0.25) is 0 Å². The molecule has 3 heterocycles. The van der Waals surface area contributed by atoms with Crippen molar-refractivity contribution < 1.29 is 9.72 Å². The number of amides is 1. The molecule has 2 aliphatic rings. The number of fused-ring (bicyclic) bond motifs is 2. The van der Waals surface area contributed by atoms with E-state index in [1.54, 1.807) is 0 Å². The second-order valence-electron chi connectivity index (χ2n) is 4.62. The van der Waals surface area contributed by atoms with Crippen LogP contribution < -0.4 is 0 Å². The molecule has 90 valence electrons. The van der Waals surface area contributed by atoms with E-state index in [0.29, 0.717) is 12.2 Å². The Balaban J connectivity index is 2.03. The standard InChI is InChI=1S/C10H12N4O3/c1-6-2-3-7-5-12-8(10(15)13(6)7)4-9(11-12)14(16)17/h4,6-7H,2-3,5H2,1H3/t6-,7-/m0/s1. The molecule has 1 aromatic rings. The van der Waals surface area contributed by atoms with Crippen LogP contribution in [0.5, 0.6) is 0 Å². The lowest BCUT2D eigenvalue weighted by Crippen LogP contribution is -2.47. The van der Waals surface area contributed by atoms with E-state index in [4.69, 9.17) is 0 Å². The molecule has 1 aromatic heterocycles. The third-order valence-electron chi connectivity index (χ3n) is 3.58. The van der Waals surface area contributed by atoms with Crippen LogP contribution in [0.25, 0.3) is 0 Å². The summed E-state index contributed by atoms with van der Waals surface area (Å²) in [4.78, 5) is 24.1. The first kappa shape index (κ1) is 10.2. The fourth-order valence-electron chi connectivity index (χ4n) is 2.75. The Kier molecular flexibility index (Phi) is 1.98. The van der Waals surface area contributed by atoms with Crippen molar-refractivity contribution in [3.05, 3.63) is 21.9 Å². The number of hydrogen-bond acceptors (Lipinski definition) is 4. The van der Waals surface area contributed by atoms with E-state index in [1.165, 1.54) is 10.7 Å². The number of nitrogens with zero attached hydrogens (tertiary/aromatic N) is 4. The first-order valence-electron chi connectivity index (χ1n) is 5.63. The van der Waals surface area contributed by atoms with Crippen LogP contribution >= 0.6 is 0 Å². The zero-order valence-corrected chi connectivity index (χ0v) is 9.37. The average molecular weight is 236 g/mol. The average Bonchev–Trinajstić information content (AvgIpc) is 2.83. The van der Waals surface area contributed by atoms with Gasteiger partial charge in [0.2, 0.25) is 0 Å². The largest absolute Gasteiger partial charge is 0.390 e. The molecular formula is C10H12N4O3. The normalized spacial score (nSPS) is 26.9. The minimum absolute atomic E-state index is 0.133. The SMILES string of the molecule is C[C@H]1CC[C@H]2Cn3nc([N+](=O)[O-])cc3C(=O)N21. The molecule has 0 radical (unpaired) electrons. The summed E-state index contributed by atoms with van der Waals surface area (Å²) in [7, 11) is 0. The van der Waals surface area contributed by atoms with Crippen LogP contribution in [0, 0.1) is 10.1 Å². The number of hydrogen-bond donors (Lipinski definition) is 0. The van der Waals surface area contributed by atoms with Gasteiger partial charge in [-0.3, -0.25) is 4.79 Å². The van der Waals surface area contributed by atoms with Gasteiger partial charge >= 0.3 is 5.82 Å². The molecule has 2 aliphatic heterocycles. The molecular weight excluding hydrogens is 224 g/mol. The summed E-state index contributed by atoms with van der Waals surface area (Å²) in [5.74, 6) is -0.381. The van der Waals surface area contributed by atoms with Crippen LogP contribution in [0.3, 0.4) is 0 Å². The van der Waals surface area contributed by atoms with Gasteiger partial charge in [-0.15, -0.1) is 0 Å². The van der Waals surface area contributed by atoms with Crippen molar-refractivity contribution in [2.75, 3.05) is 0 Å². The predicted molar refractivity (Wildman–Crippen MR) is 57.5 cm³/mol. The summed E-state index contributed by atoms with van der Waals surface area (Å²) in [6, 6.07) is 1.63. The van der Waals surface area contributed by atoms with Crippen molar-refractivity contribution in [1.29, 1.82) is 0 Å². The van der Waals surface area contributed by atoms with Crippen molar-refractivity contribution in [2.45, 2.75) is 38.4 Å². The summed E-state index contributed by atoms with van der Waals surface area (Å²) in [6.45, 7) is 2.58. The van der Waals surface area contributed by atoms with Crippen LogP contribution in [0.1, 0.15) is 30.3 Å². The quantitative estimate of drug-likeness (QED) is 0.533. The maximum Gasteiger partial charge on any atom is 0.390 e. The van der Waals surface area contributed by atoms with E-state index in [1.807, 2.05) is 11.8 Å². The fraction of sp³-hybridized carbons (Fsp3) is 0.600. The smallest absolute Gasteiger partial charge is 0.358 e. The number of aromatic nitrogens is 2. The van der Waals surface area contributed by atoms with Crippen LogP contribution in [-0.2, 0) is 6.54 Å². The maximum atomic E-state index is 12.2. The highest BCUT2D eigenvalue weighted by Gasteiger charge is 2.42. The molecule has 17 heavy (non-hydrogen) atoms. The Hall–Kier alpha value is -1.92. The summed E-state index contributed by atoms with van der Waals surface area (Å²) < 4.78 is 1.47. The molecule has 0 N–H and O–H groups in total. The first-order chi connectivity index (χ1) is 8.08. The van der Waals surface area contributed by atoms with Gasteiger partial charge in [0.15, 0.2) is 5.69 Å². The molecule has 7 nitrogen and oxygen atoms in total. The van der Waals surface area contributed by atoms with Crippen molar-refractivity contribution in [1.82, 2.24) is 14.7 Å². The molecule has 0 bridgehead atoms. The van der Waals surface area contributed by atoms with E-state index >= 15 is 0 Å². The zero-order chi connectivity index (χ0) is 12.2. The molecule has 1 amide bonds. The van der Waals surface area contributed by atoms with Crippen molar-refractivity contribution in [2.24, 2.45) is 0 Å². The summed E-state index contributed by atoms with van der Waals surface area (Å²) in [6.07, 6.45) is 1.93. The lowest BCUT2D eigenvalue weighted by Gasteiger charge is -2.31. The van der Waals surface area contributed by atoms with Crippen molar-refractivity contribution in [3.63, 3.8) is 0 Å². The highest BCUT2D eigenvalue weighted by molar-refractivity contribution is 5.94. The van der Waals surface area contributed by atoms with E-state index in [-0.39, 0.29) is 23.8 Å². The van der Waals surface area contributed by atoms with Gasteiger partial charge in [-0.2, -0.15) is 4.68 Å². The van der Waals surface area contributed by atoms with Gasteiger partial charge in [0.1, 0.15) is 0 Å². The monoisotopic (exact) mass is 236 g/mol. The lowest BCUT2D eigenvalue weighted by molar-refractivity contribution is -0.389. The van der Waals surface area contributed by atoms with Crippen molar-refractivity contribution in [3.8, 4) is 0 Å². The third kappa shape index (κ3) is 1.35. The van der Waals surface area contributed by atoms with Gasteiger partial charge in [0.25, 0.3) is 5.91 Å². The summed E-state index contributed by atoms with van der Waals surface area (Å²) in [5, 5.41) is 14.5. The fourth-order valence-corrected chi connectivity index (χ4v) is 2.75. The number of nitro groups is 1. The molecule has 7 heteroatoms. The molecule has 0 saturated carbocycles. The predicted octanol–water partition coefficient (Wildman–Crippen LogP) is 0.798. The van der Waals surface area contributed by atoms with E-state index in [9.17, 15) is 14.9 Å². The molecule has 0 unspecified atom stereocenters. The molecule has 2 atom stereocenters. The molecule has 0 aliphatic carbocycles. The lowest BCUT2D eigenvalue weighted by atomic mass is 10.2. The second-order valence-corrected chi connectivity index (χ2v) is 4.62. The maximum absolute atomic E-state index is 12.2. The number of carbonyl (C=O) groups excluding carboxylic acids is 1. The van der Waals surface area contributed by atoms with Crippen LogP contribution in [0.15, 0.2) is 6.07 Å². The minimum atomic E-state index is -0.562. The van der Waals surface area contributed by atoms with Gasteiger partial charge in [0.05, 0.1) is 23.8 Å². The molecule has 0 spiro atoms. The van der Waals surface area contributed by atoms with Gasteiger partial charge in [-0.25, -0.2) is 0 Å². The third-order valence-corrected chi connectivity index (χ3v) is 3.58. The van der Waals surface area contributed by atoms with Crippen molar-refractivity contribution >= 4 is 11.7 Å². The van der Waals surface area contributed by atoms with Gasteiger partial charge in [-0.1, -0.05) is 0 Å². The summed E-state index contributed by atoms with van der Waals surface area (Å²) in [5.41, 5.74) is 0.335. The van der Waals surface area contributed by atoms with Gasteiger partial charge in [0, 0.05) is 6.04 Å². The molecule has 1 saturated heterocycles. The highest BCUT2D eigenvalue weighted by Crippen LogP contribution is 2.31. The Morgan fingerprint density at radius 2 is 2.29 bits per heavy atom. The zero-order valence-electron chi connectivity index (χ0n) is 9.37. The Bertz CT molecular complexity index is 510. The first-order valence-corrected chi connectivity index (χ1v) is 5.63. The van der Waals surface area contributed by atoms with Gasteiger partial charge in [-0.05, 0) is 24.7 Å². The van der Waals surface area contributed by atoms with Crippen LogP contribution in [-0.4, -0.2) is 37.6 Å². The van der Waals surface area contributed by atoms with E-state index in [2.05, 4.69) is 5.10 Å². The Morgan fingerprint density at radius 1 is 1.53 bits per heavy atom.